The summed E-state index contributed by atoms with van der Waals surface area (Å²) < 4.78 is 16.6. The highest BCUT2D eigenvalue weighted by molar-refractivity contribution is 7.98. The van der Waals surface area contributed by atoms with Gasteiger partial charge in [0, 0.05) is 37.0 Å². The second-order valence-corrected chi connectivity index (χ2v) is 8.99. The van der Waals surface area contributed by atoms with Crippen LogP contribution >= 0.6 is 11.8 Å². The van der Waals surface area contributed by atoms with Gasteiger partial charge in [0.25, 0.3) is 5.22 Å². The fraction of sp³-hybridized carbons (Fsp3) is 0.571. The first-order chi connectivity index (χ1) is 14.2. The summed E-state index contributed by atoms with van der Waals surface area (Å²) in [6.07, 6.45) is 0.289. The van der Waals surface area contributed by atoms with E-state index in [1.54, 1.807) is 0 Å². The lowest BCUT2D eigenvalue weighted by Crippen LogP contribution is -2.36. The largest absolute Gasteiger partial charge is 0.444 e. The van der Waals surface area contributed by atoms with E-state index in [4.69, 9.17) is 13.9 Å². The molecule has 0 bridgehead atoms. The predicted octanol–water partition coefficient (Wildman–Crippen LogP) is 4.42. The molecule has 1 amide bonds. The van der Waals surface area contributed by atoms with Gasteiger partial charge in [0.15, 0.2) is 0 Å². The summed E-state index contributed by atoms with van der Waals surface area (Å²) in [7, 11) is 0. The van der Waals surface area contributed by atoms with Gasteiger partial charge in [-0.05, 0) is 33.8 Å². The van der Waals surface area contributed by atoms with Gasteiger partial charge in [0.1, 0.15) is 17.2 Å². The molecule has 0 aromatic carbocycles. The van der Waals surface area contributed by atoms with E-state index >= 15 is 0 Å². The van der Waals surface area contributed by atoms with Crippen molar-refractivity contribution in [3.63, 3.8) is 0 Å². The third-order valence-electron chi connectivity index (χ3n) is 4.41. The van der Waals surface area contributed by atoms with Crippen LogP contribution in [0, 0.1) is 6.92 Å². The van der Waals surface area contributed by atoms with Gasteiger partial charge in [-0.3, -0.25) is 5.32 Å². The molecular weight excluding hydrogens is 404 g/mol. The number of hydrogen-bond acceptors (Lipinski definition) is 8. The van der Waals surface area contributed by atoms with Crippen LogP contribution in [0.2, 0.25) is 0 Å². The van der Waals surface area contributed by atoms with Crippen LogP contribution in [-0.2, 0) is 21.6 Å². The van der Waals surface area contributed by atoms with Crippen LogP contribution in [0.5, 0.6) is 0 Å². The van der Waals surface area contributed by atoms with Gasteiger partial charge in [-0.25, -0.2) is 14.8 Å². The molecule has 164 valence electrons. The Bertz CT molecular complexity index is 872. The van der Waals surface area contributed by atoms with Crippen LogP contribution in [0.25, 0.3) is 0 Å². The molecule has 1 aliphatic rings. The topological polar surface area (TPSA) is 89.7 Å². The molecule has 30 heavy (non-hydrogen) atoms. The number of carbonyl (C=O) groups excluding carboxylic acids is 1. The Morgan fingerprint density at radius 3 is 2.63 bits per heavy atom. The standard InChI is InChI=1S/C21H30N4O4S/c1-6-17-14(2)22-20(28-17)30-13-15-11-16(25-7-9-27-10-8-25)12-18(23-15)24-19(26)29-21(3,4)5/h11-12H,6-10,13H2,1-5H3,(H,23,24,26). The molecule has 0 atom stereocenters. The van der Waals surface area contributed by atoms with E-state index in [1.165, 1.54) is 11.8 Å². The number of pyridine rings is 1. The molecule has 3 heterocycles. The minimum atomic E-state index is -0.579. The summed E-state index contributed by atoms with van der Waals surface area (Å²) in [4.78, 5) is 23.5. The van der Waals surface area contributed by atoms with E-state index in [1.807, 2.05) is 46.8 Å². The van der Waals surface area contributed by atoms with Crippen LogP contribution in [0.15, 0.2) is 21.8 Å². The zero-order valence-electron chi connectivity index (χ0n) is 18.3. The molecule has 0 unspecified atom stereocenters. The fourth-order valence-electron chi connectivity index (χ4n) is 3.05. The van der Waals surface area contributed by atoms with Crippen molar-refractivity contribution < 1.29 is 18.7 Å². The summed E-state index contributed by atoms with van der Waals surface area (Å²) in [5.74, 6) is 1.94. The van der Waals surface area contributed by atoms with E-state index in [2.05, 4.69) is 20.2 Å². The fourth-order valence-corrected chi connectivity index (χ4v) is 3.83. The number of anilines is 2. The minimum Gasteiger partial charge on any atom is -0.444 e. The Balaban J connectivity index is 1.78. The average Bonchev–Trinajstić information content (AvgIpc) is 3.05. The van der Waals surface area contributed by atoms with Gasteiger partial charge in [-0.1, -0.05) is 18.7 Å². The lowest BCUT2D eigenvalue weighted by atomic mass is 10.2. The molecule has 0 saturated carbocycles. The van der Waals surface area contributed by atoms with Gasteiger partial charge in [0.05, 0.1) is 24.6 Å². The molecule has 2 aromatic rings. The van der Waals surface area contributed by atoms with E-state index in [0.717, 1.165) is 42.3 Å². The number of hydrogen-bond donors (Lipinski definition) is 1. The molecule has 0 aliphatic carbocycles. The first kappa shape index (κ1) is 22.4. The smallest absolute Gasteiger partial charge is 0.413 e. The maximum absolute atomic E-state index is 12.2. The Morgan fingerprint density at radius 1 is 1.27 bits per heavy atom. The number of thioether (sulfide) groups is 1. The number of nitrogens with zero attached hydrogens (tertiary/aromatic N) is 3. The molecule has 9 heteroatoms. The van der Waals surface area contributed by atoms with Crippen LogP contribution in [0.1, 0.15) is 44.8 Å². The molecule has 8 nitrogen and oxygen atoms in total. The lowest BCUT2D eigenvalue weighted by Gasteiger charge is -2.29. The Labute approximate surface area is 181 Å². The third-order valence-corrected chi connectivity index (χ3v) is 5.27. The first-order valence-corrected chi connectivity index (χ1v) is 11.1. The van der Waals surface area contributed by atoms with Gasteiger partial charge in [0.2, 0.25) is 0 Å². The van der Waals surface area contributed by atoms with Gasteiger partial charge in [-0.2, -0.15) is 0 Å². The Hall–Kier alpha value is -2.26. The number of oxazole rings is 1. The SMILES string of the molecule is CCc1oc(SCc2cc(N3CCOCC3)cc(NC(=O)OC(C)(C)C)n2)nc1C. The second kappa shape index (κ2) is 9.70. The zero-order valence-corrected chi connectivity index (χ0v) is 19.1. The highest BCUT2D eigenvalue weighted by atomic mass is 32.2. The van der Waals surface area contributed by atoms with Crippen molar-refractivity contribution in [2.75, 3.05) is 36.5 Å². The highest BCUT2D eigenvalue weighted by Crippen LogP contribution is 2.28. The molecule has 0 spiro atoms. The Morgan fingerprint density at radius 2 is 2.00 bits per heavy atom. The second-order valence-electron chi connectivity index (χ2n) is 8.06. The zero-order chi connectivity index (χ0) is 21.7. The van der Waals surface area contributed by atoms with Crippen LogP contribution in [-0.4, -0.2) is 48.0 Å². The number of ether oxygens (including phenoxy) is 2. The van der Waals surface area contributed by atoms with Crippen LogP contribution < -0.4 is 10.2 Å². The predicted molar refractivity (Wildman–Crippen MR) is 117 cm³/mol. The van der Waals surface area contributed by atoms with Crippen molar-refractivity contribution in [3.8, 4) is 0 Å². The number of amides is 1. The van der Waals surface area contributed by atoms with Crippen molar-refractivity contribution in [1.29, 1.82) is 0 Å². The molecular formula is C21H30N4O4S. The molecule has 2 aromatic heterocycles. The summed E-state index contributed by atoms with van der Waals surface area (Å²) in [5, 5.41) is 3.39. The maximum atomic E-state index is 12.2. The van der Waals surface area contributed by atoms with Crippen molar-refractivity contribution in [2.45, 2.75) is 57.6 Å². The molecule has 1 aliphatic heterocycles. The molecule has 0 radical (unpaired) electrons. The van der Waals surface area contributed by atoms with Crippen molar-refractivity contribution in [3.05, 3.63) is 29.3 Å². The minimum absolute atomic E-state index is 0.460. The number of nitrogens with one attached hydrogen (secondary N) is 1. The summed E-state index contributed by atoms with van der Waals surface area (Å²) in [5.41, 5.74) is 2.16. The van der Waals surface area contributed by atoms with Gasteiger partial charge >= 0.3 is 6.09 Å². The molecule has 3 rings (SSSR count). The summed E-state index contributed by atoms with van der Waals surface area (Å²) in [6.45, 7) is 12.4. The molecule has 1 saturated heterocycles. The van der Waals surface area contributed by atoms with Crippen LogP contribution in [0.4, 0.5) is 16.3 Å². The van der Waals surface area contributed by atoms with E-state index in [-0.39, 0.29) is 0 Å². The van der Waals surface area contributed by atoms with Crippen molar-refractivity contribution in [1.82, 2.24) is 9.97 Å². The summed E-state index contributed by atoms with van der Waals surface area (Å²) in [6, 6.07) is 3.91. The maximum Gasteiger partial charge on any atom is 0.413 e. The van der Waals surface area contributed by atoms with Crippen LogP contribution in [0.3, 0.4) is 0 Å². The molecule has 1 N–H and O–H groups in total. The first-order valence-electron chi connectivity index (χ1n) is 10.2. The number of morpholine rings is 1. The van der Waals surface area contributed by atoms with E-state index in [0.29, 0.717) is 30.0 Å². The number of carbonyl (C=O) groups is 1. The number of rotatable bonds is 6. The van der Waals surface area contributed by atoms with Crippen molar-refractivity contribution in [2.24, 2.45) is 0 Å². The van der Waals surface area contributed by atoms with Gasteiger partial charge in [-0.15, -0.1) is 0 Å². The molecule has 1 fully saturated rings. The normalized spacial score (nSPS) is 14.6. The van der Waals surface area contributed by atoms with Crippen molar-refractivity contribution >= 4 is 29.4 Å². The van der Waals surface area contributed by atoms with Gasteiger partial charge < -0.3 is 18.8 Å². The lowest BCUT2D eigenvalue weighted by molar-refractivity contribution is 0.0635. The quantitative estimate of drug-likeness (QED) is 0.669. The monoisotopic (exact) mass is 434 g/mol. The van der Waals surface area contributed by atoms with E-state index in [9.17, 15) is 4.79 Å². The Kier molecular flexibility index (Phi) is 7.25. The third kappa shape index (κ3) is 6.37. The number of aromatic nitrogens is 2. The van der Waals surface area contributed by atoms with E-state index < -0.39 is 11.7 Å². The average molecular weight is 435 g/mol. The highest BCUT2D eigenvalue weighted by Gasteiger charge is 2.19. The summed E-state index contributed by atoms with van der Waals surface area (Å²) >= 11 is 1.49. The number of aryl methyl sites for hydroxylation is 2.